The molecule has 0 atom stereocenters. The largest absolute Gasteiger partial charge is 0.310 e. The Balaban J connectivity index is 1.18. The number of para-hydroxylation sites is 2. The molecule has 8 aromatic carbocycles. The molecule has 0 unspecified atom stereocenters. The fourth-order valence-corrected chi connectivity index (χ4v) is 7.37. The van der Waals surface area contributed by atoms with Gasteiger partial charge in [-0.1, -0.05) is 182 Å². The minimum absolute atomic E-state index is 0.354. The van der Waals surface area contributed by atoms with Gasteiger partial charge in [-0.2, -0.15) is 19.9 Å². The first-order valence-electron chi connectivity index (χ1n) is 20.4. The van der Waals surface area contributed by atoms with Crippen molar-refractivity contribution < 1.29 is 0 Å². The molecule has 8 nitrogen and oxygen atoms in total. The van der Waals surface area contributed by atoms with Gasteiger partial charge in [-0.3, -0.25) is 0 Å². The van der Waals surface area contributed by atoms with Crippen LogP contribution in [0.4, 0.5) is 34.6 Å². The van der Waals surface area contributed by atoms with Crippen LogP contribution in [0.25, 0.3) is 56.7 Å². The minimum atomic E-state index is 0.354. The van der Waals surface area contributed by atoms with E-state index in [9.17, 15) is 0 Å². The molecular weight excluding hydrogens is 761 g/mol. The van der Waals surface area contributed by atoms with Gasteiger partial charge in [0.1, 0.15) is 0 Å². The first kappa shape index (κ1) is 37.6. The van der Waals surface area contributed by atoms with Gasteiger partial charge in [0.15, 0.2) is 23.3 Å². The molecule has 0 aliphatic heterocycles. The van der Waals surface area contributed by atoms with E-state index in [1.54, 1.807) is 0 Å². The van der Waals surface area contributed by atoms with E-state index >= 15 is 0 Å². The molecule has 0 radical (unpaired) electrons. The van der Waals surface area contributed by atoms with Crippen LogP contribution in [0.3, 0.4) is 0 Å². The minimum Gasteiger partial charge on any atom is -0.310 e. The van der Waals surface area contributed by atoms with Crippen molar-refractivity contribution in [2.24, 2.45) is 0 Å². The fourth-order valence-electron chi connectivity index (χ4n) is 7.37. The Morgan fingerprint density at radius 3 is 0.790 bits per heavy atom. The molecule has 0 bridgehead atoms. The number of hydrogen-bond donors (Lipinski definition) is 0. The third-order valence-electron chi connectivity index (χ3n) is 10.3. The predicted molar refractivity (Wildman–Crippen MR) is 250 cm³/mol. The van der Waals surface area contributed by atoms with Crippen molar-refractivity contribution in [1.82, 2.24) is 29.9 Å². The summed E-state index contributed by atoms with van der Waals surface area (Å²) in [6.07, 6.45) is 0. The molecule has 10 aromatic rings. The molecule has 0 aliphatic carbocycles. The second-order valence-corrected chi connectivity index (χ2v) is 14.5. The summed E-state index contributed by atoms with van der Waals surface area (Å²) in [6.45, 7) is 0. The zero-order valence-electron chi connectivity index (χ0n) is 33.5. The Morgan fingerprint density at radius 1 is 0.210 bits per heavy atom. The van der Waals surface area contributed by atoms with Gasteiger partial charge in [-0.15, -0.1) is 0 Å². The van der Waals surface area contributed by atoms with Gasteiger partial charge < -0.3 is 4.90 Å². The van der Waals surface area contributed by atoms with Crippen LogP contribution >= 0.6 is 0 Å². The Hall–Kier alpha value is -8.62. The van der Waals surface area contributed by atoms with Crippen LogP contribution in [0.15, 0.2) is 231 Å². The first-order valence-corrected chi connectivity index (χ1v) is 20.4. The van der Waals surface area contributed by atoms with Crippen LogP contribution in [0, 0.1) is 0 Å². The molecule has 0 N–H and O–H groups in total. The highest BCUT2D eigenvalue weighted by Gasteiger charge is 2.25. The van der Waals surface area contributed by atoms with Crippen molar-refractivity contribution in [3.05, 3.63) is 231 Å². The lowest BCUT2D eigenvalue weighted by Gasteiger charge is -2.26. The van der Waals surface area contributed by atoms with Crippen LogP contribution in [0.2, 0.25) is 0 Å². The Labute approximate surface area is 360 Å². The van der Waals surface area contributed by atoms with Crippen molar-refractivity contribution in [2.75, 3.05) is 9.80 Å². The maximum atomic E-state index is 5.19. The molecule has 8 heteroatoms. The van der Waals surface area contributed by atoms with Gasteiger partial charge in [0, 0.05) is 39.3 Å². The molecule has 2 aromatic heterocycles. The highest BCUT2D eigenvalue weighted by atomic mass is 15.4. The lowest BCUT2D eigenvalue weighted by Crippen LogP contribution is -2.19. The number of aromatic nitrogens is 6. The summed E-state index contributed by atoms with van der Waals surface area (Å²) in [5, 5.41) is 0. The fraction of sp³-hybridized carbons (Fsp3) is 0. The molecular formula is C54H38N8. The third kappa shape index (κ3) is 8.04. The van der Waals surface area contributed by atoms with Crippen LogP contribution in [0.5, 0.6) is 0 Å². The third-order valence-corrected chi connectivity index (χ3v) is 10.3. The summed E-state index contributed by atoms with van der Waals surface area (Å²) in [4.78, 5) is 35.0. The molecule has 62 heavy (non-hydrogen) atoms. The predicted octanol–water partition coefficient (Wildman–Crippen LogP) is 13.3. The van der Waals surface area contributed by atoms with Crippen molar-refractivity contribution in [3.63, 3.8) is 0 Å². The number of anilines is 6. The van der Waals surface area contributed by atoms with E-state index in [1.165, 1.54) is 0 Å². The zero-order chi connectivity index (χ0) is 41.5. The van der Waals surface area contributed by atoms with Crippen molar-refractivity contribution in [3.8, 4) is 56.7 Å². The van der Waals surface area contributed by atoms with E-state index in [4.69, 9.17) is 29.9 Å². The van der Waals surface area contributed by atoms with Gasteiger partial charge in [0.05, 0.1) is 5.69 Å². The maximum absolute atomic E-state index is 5.19. The van der Waals surface area contributed by atoms with Gasteiger partial charge in [0.25, 0.3) is 0 Å². The zero-order valence-corrected chi connectivity index (χ0v) is 33.5. The van der Waals surface area contributed by atoms with E-state index in [0.29, 0.717) is 35.2 Å². The summed E-state index contributed by atoms with van der Waals surface area (Å²) >= 11 is 0. The second-order valence-electron chi connectivity index (χ2n) is 14.5. The van der Waals surface area contributed by atoms with Crippen LogP contribution in [0.1, 0.15) is 0 Å². The average molecular weight is 799 g/mol. The molecule has 0 amide bonds. The number of hydrogen-bond acceptors (Lipinski definition) is 8. The van der Waals surface area contributed by atoms with E-state index in [2.05, 4.69) is 89.8 Å². The SMILES string of the molecule is c1ccc(-c2nc(-c3ccccc3)nc(N(c3cccc(-c4cccc(N(c5ccccc5)c5ccccc5)c4)c3)c3nc(-c4ccccc4)nc(-c4ccccc4)n3)n2)cc1. The maximum Gasteiger partial charge on any atom is 0.241 e. The summed E-state index contributed by atoms with van der Waals surface area (Å²) < 4.78 is 0. The standard InChI is InChI=1S/C54H38N8/c1-7-21-39(22-8-1)49-55-50(40-23-9-2-10-24-40)58-53(57-49)62(54-59-51(41-25-11-3-12-26-41)56-52(60-54)42-27-13-4-14-28-42)48-36-20-30-44(38-48)43-29-19-35-47(37-43)61(45-31-15-5-16-32-45)46-33-17-6-18-34-46/h1-38H. The molecule has 0 saturated heterocycles. The molecule has 0 saturated carbocycles. The van der Waals surface area contributed by atoms with Gasteiger partial charge in [-0.25, -0.2) is 14.9 Å². The normalized spacial score (nSPS) is 10.9. The molecule has 10 rings (SSSR count). The molecule has 2 heterocycles. The number of benzene rings is 8. The van der Waals surface area contributed by atoms with Gasteiger partial charge in [0.2, 0.25) is 11.9 Å². The van der Waals surface area contributed by atoms with Crippen molar-refractivity contribution in [1.29, 1.82) is 0 Å². The van der Waals surface area contributed by atoms with E-state index in [-0.39, 0.29) is 0 Å². The highest BCUT2D eigenvalue weighted by molar-refractivity contribution is 5.82. The number of nitrogens with zero attached hydrogens (tertiary/aromatic N) is 8. The monoisotopic (exact) mass is 798 g/mol. The Morgan fingerprint density at radius 2 is 0.468 bits per heavy atom. The number of rotatable bonds is 11. The van der Waals surface area contributed by atoms with Crippen LogP contribution < -0.4 is 9.80 Å². The lowest BCUT2D eigenvalue weighted by molar-refractivity contribution is 0.964. The quantitative estimate of drug-likeness (QED) is 0.128. The summed E-state index contributed by atoms with van der Waals surface area (Å²) in [5.41, 5.74) is 9.32. The smallest absolute Gasteiger partial charge is 0.241 e. The van der Waals surface area contributed by atoms with E-state index < -0.39 is 0 Å². The van der Waals surface area contributed by atoms with Crippen molar-refractivity contribution in [2.45, 2.75) is 0 Å². The molecule has 294 valence electrons. The van der Waals surface area contributed by atoms with E-state index in [0.717, 1.165) is 56.1 Å². The molecule has 0 aliphatic rings. The second kappa shape index (κ2) is 17.3. The topological polar surface area (TPSA) is 83.8 Å². The lowest BCUT2D eigenvalue weighted by atomic mass is 10.0. The summed E-state index contributed by atoms with van der Waals surface area (Å²) in [7, 11) is 0. The van der Waals surface area contributed by atoms with Gasteiger partial charge in [-0.05, 0) is 59.7 Å². The van der Waals surface area contributed by atoms with Crippen molar-refractivity contribution >= 4 is 34.6 Å². The summed E-state index contributed by atoms with van der Waals surface area (Å²) in [5.74, 6) is 2.78. The van der Waals surface area contributed by atoms with Crippen LogP contribution in [-0.2, 0) is 0 Å². The van der Waals surface area contributed by atoms with Gasteiger partial charge >= 0.3 is 0 Å². The average Bonchev–Trinajstić information content (AvgIpc) is 3.36. The van der Waals surface area contributed by atoms with Crippen LogP contribution in [-0.4, -0.2) is 29.9 Å². The molecule has 0 fully saturated rings. The Bertz CT molecular complexity index is 2780. The first-order chi connectivity index (χ1) is 30.7. The van der Waals surface area contributed by atoms with E-state index in [1.807, 2.05) is 150 Å². The Kier molecular flexibility index (Phi) is 10.5. The molecule has 0 spiro atoms. The highest BCUT2D eigenvalue weighted by Crippen LogP contribution is 2.39. The summed E-state index contributed by atoms with van der Waals surface area (Å²) in [6, 6.07) is 77.6.